The number of piperidine rings is 1. The van der Waals surface area contributed by atoms with E-state index in [0.717, 1.165) is 41.6 Å². The van der Waals surface area contributed by atoms with Crippen molar-refractivity contribution in [3.8, 4) is 5.75 Å². The lowest BCUT2D eigenvalue weighted by Gasteiger charge is -2.34. The predicted octanol–water partition coefficient (Wildman–Crippen LogP) is 6.11. The molecule has 3 fully saturated rings. The van der Waals surface area contributed by atoms with Crippen molar-refractivity contribution in [1.29, 1.82) is 0 Å². The molecule has 7 rings (SSSR count). The molecule has 1 aromatic heterocycles. The van der Waals surface area contributed by atoms with E-state index in [4.69, 9.17) is 4.74 Å². The lowest BCUT2D eigenvalue weighted by Crippen LogP contribution is -2.50. The van der Waals surface area contributed by atoms with Gasteiger partial charge in [0.2, 0.25) is 0 Å². The SMILES string of the molecule is O=C(c1ccc(F)cc1)N1CC2CC1CN2C(=O)c1cc2ccc(OC3CCN(c4ccc(C(F)(F)F)cc4)CC3)cc2[nH]1. The Labute approximate surface area is 251 Å². The molecular formula is C33H30F4N4O3. The zero-order chi connectivity index (χ0) is 30.6. The summed E-state index contributed by atoms with van der Waals surface area (Å²) in [5, 5.41) is 0.885. The van der Waals surface area contributed by atoms with Gasteiger partial charge in [0.15, 0.2) is 0 Å². The van der Waals surface area contributed by atoms with Crippen LogP contribution in [0.2, 0.25) is 0 Å². The maximum atomic E-state index is 13.5. The Bertz CT molecular complexity index is 1700. The number of aromatic nitrogens is 1. The molecular weight excluding hydrogens is 576 g/mol. The second-order valence-corrected chi connectivity index (χ2v) is 11.7. The van der Waals surface area contributed by atoms with Crippen molar-refractivity contribution in [2.75, 3.05) is 31.1 Å². The number of H-pyrrole nitrogens is 1. The standard InChI is InChI=1S/C33H30F4N4O3/c34-23-6-1-20(2-7-23)31(42)40-18-26-16-25(40)19-41(26)32(43)30-15-21-3-10-28(17-29(21)38-30)44-27-11-13-39(14-12-27)24-8-4-22(5-9-24)33(35,36)37/h1-10,15,17,25-27,38H,11-14,16,18-19H2. The summed E-state index contributed by atoms with van der Waals surface area (Å²) in [5.74, 6) is 0.0358. The molecule has 0 radical (unpaired) electrons. The smallest absolute Gasteiger partial charge is 0.416 e. The Morgan fingerprint density at radius 2 is 1.48 bits per heavy atom. The molecule has 3 aliphatic heterocycles. The van der Waals surface area contributed by atoms with Crippen LogP contribution in [0.3, 0.4) is 0 Å². The molecule has 2 atom stereocenters. The first kappa shape index (κ1) is 28.2. The van der Waals surface area contributed by atoms with Crippen molar-refractivity contribution in [3.05, 3.63) is 95.4 Å². The maximum absolute atomic E-state index is 13.5. The van der Waals surface area contributed by atoms with Gasteiger partial charge in [-0.2, -0.15) is 13.2 Å². The van der Waals surface area contributed by atoms with Gasteiger partial charge in [-0.15, -0.1) is 0 Å². The highest BCUT2D eigenvalue weighted by Crippen LogP contribution is 2.34. The normalized spacial score (nSPS) is 20.5. The predicted molar refractivity (Wildman–Crippen MR) is 156 cm³/mol. The number of hydrogen-bond donors (Lipinski definition) is 1. The zero-order valence-electron chi connectivity index (χ0n) is 23.7. The molecule has 3 saturated heterocycles. The average Bonchev–Trinajstić information content (AvgIpc) is 3.75. The summed E-state index contributed by atoms with van der Waals surface area (Å²) in [6, 6.07) is 18.1. The fourth-order valence-corrected chi connectivity index (χ4v) is 6.66. The molecule has 0 aliphatic carbocycles. The van der Waals surface area contributed by atoms with E-state index in [1.165, 1.54) is 36.4 Å². The van der Waals surface area contributed by atoms with Crippen molar-refractivity contribution < 1.29 is 31.9 Å². The third-order valence-electron chi connectivity index (χ3n) is 8.98. The number of amides is 2. The topological polar surface area (TPSA) is 68.9 Å². The van der Waals surface area contributed by atoms with Gasteiger partial charge in [-0.1, -0.05) is 0 Å². The Balaban J connectivity index is 0.953. The first-order valence-corrected chi connectivity index (χ1v) is 14.7. The molecule has 7 nitrogen and oxygen atoms in total. The molecule has 1 N–H and O–H groups in total. The second-order valence-electron chi connectivity index (χ2n) is 11.7. The second kappa shape index (κ2) is 10.9. The van der Waals surface area contributed by atoms with Crippen LogP contribution < -0.4 is 9.64 Å². The summed E-state index contributed by atoms with van der Waals surface area (Å²) in [7, 11) is 0. The number of rotatable bonds is 5. The number of carbonyl (C=O) groups excluding carboxylic acids is 2. The van der Waals surface area contributed by atoms with Gasteiger partial charge in [0.05, 0.1) is 17.6 Å². The van der Waals surface area contributed by atoms with E-state index < -0.39 is 17.6 Å². The quantitative estimate of drug-likeness (QED) is 0.279. The number of carbonyl (C=O) groups is 2. The van der Waals surface area contributed by atoms with Gasteiger partial charge < -0.3 is 24.4 Å². The van der Waals surface area contributed by atoms with Crippen molar-refractivity contribution in [2.45, 2.75) is 43.6 Å². The first-order valence-electron chi connectivity index (χ1n) is 14.7. The summed E-state index contributed by atoms with van der Waals surface area (Å²) in [5.41, 5.74) is 1.81. The van der Waals surface area contributed by atoms with E-state index in [2.05, 4.69) is 9.88 Å². The number of ether oxygens (including phenoxy) is 1. The highest BCUT2D eigenvalue weighted by Gasteiger charge is 2.47. The monoisotopic (exact) mass is 606 g/mol. The molecule has 228 valence electrons. The van der Waals surface area contributed by atoms with Gasteiger partial charge in [0.25, 0.3) is 11.8 Å². The number of hydrogen-bond acceptors (Lipinski definition) is 4. The molecule has 4 aromatic rings. The Hall–Kier alpha value is -4.54. The number of fused-ring (bicyclic) bond motifs is 3. The van der Waals surface area contributed by atoms with Crippen LogP contribution in [0.25, 0.3) is 10.9 Å². The molecule has 3 aromatic carbocycles. The minimum absolute atomic E-state index is 0.0325. The first-order chi connectivity index (χ1) is 21.1. The van der Waals surface area contributed by atoms with Gasteiger partial charge in [-0.3, -0.25) is 9.59 Å². The minimum Gasteiger partial charge on any atom is -0.490 e. The van der Waals surface area contributed by atoms with Crippen LogP contribution in [0.5, 0.6) is 5.75 Å². The van der Waals surface area contributed by atoms with Crippen molar-refractivity contribution >= 4 is 28.4 Å². The number of nitrogens with zero attached hydrogens (tertiary/aromatic N) is 3. The Kier molecular flexibility index (Phi) is 6.98. The van der Waals surface area contributed by atoms with Crippen LogP contribution in [0.15, 0.2) is 72.8 Å². The molecule has 3 aliphatic rings. The van der Waals surface area contributed by atoms with Crippen molar-refractivity contribution in [2.24, 2.45) is 0 Å². The van der Waals surface area contributed by atoms with Crippen LogP contribution >= 0.6 is 0 Å². The number of likely N-dealkylation sites (tertiary alicyclic amines) is 2. The highest BCUT2D eigenvalue weighted by molar-refractivity contribution is 5.99. The number of alkyl halides is 3. The number of anilines is 1. The lowest BCUT2D eigenvalue weighted by molar-refractivity contribution is -0.137. The van der Waals surface area contributed by atoms with Gasteiger partial charge >= 0.3 is 6.18 Å². The van der Waals surface area contributed by atoms with Crippen LogP contribution in [0, 0.1) is 5.82 Å². The molecule has 2 amide bonds. The van der Waals surface area contributed by atoms with Gasteiger partial charge in [-0.25, -0.2) is 4.39 Å². The summed E-state index contributed by atoms with van der Waals surface area (Å²) in [6.45, 7) is 2.24. The highest BCUT2D eigenvalue weighted by atomic mass is 19.4. The number of benzene rings is 3. The molecule has 2 bridgehead atoms. The van der Waals surface area contributed by atoms with E-state index in [0.29, 0.717) is 49.6 Å². The van der Waals surface area contributed by atoms with Crippen molar-refractivity contribution in [1.82, 2.24) is 14.8 Å². The van der Waals surface area contributed by atoms with Gasteiger partial charge in [0.1, 0.15) is 23.4 Å². The van der Waals surface area contributed by atoms with E-state index >= 15 is 0 Å². The van der Waals surface area contributed by atoms with E-state index in [1.807, 2.05) is 29.2 Å². The average molecular weight is 607 g/mol. The fourth-order valence-electron chi connectivity index (χ4n) is 6.66. The van der Waals surface area contributed by atoms with Crippen molar-refractivity contribution in [3.63, 3.8) is 0 Å². The summed E-state index contributed by atoms with van der Waals surface area (Å²) >= 11 is 0. The van der Waals surface area contributed by atoms with E-state index in [1.54, 1.807) is 4.90 Å². The number of piperazine rings is 1. The number of nitrogens with one attached hydrogen (secondary N) is 1. The number of halogens is 4. The van der Waals surface area contributed by atoms with Crippen LogP contribution in [-0.4, -0.2) is 71.0 Å². The molecule has 4 heterocycles. The fraction of sp³-hybridized carbons (Fsp3) is 0.333. The summed E-state index contributed by atoms with van der Waals surface area (Å²) in [6.07, 6.45) is -2.21. The maximum Gasteiger partial charge on any atom is 0.416 e. The minimum atomic E-state index is -4.35. The Morgan fingerprint density at radius 1 is 0.818 bits per heavy atom. The molecule has 0 saturated carbocycles. The third-order valence-corrected chi connectivity index (χ3v) is 8.98. The zero-order valence-corrected chi connectivity index (χ0v) is 23.7. The largest absolute Gasteiger partial charge is 0.490 e. The molecule has 0 spiro atoms. The lowest BCUT2D eigenvalue weighted by atomic mass is 10.1. The van der Waals surface area contributed by atoms with E-state index in [9.17, 15) is 27.2 Å². The summed E-state index contributed by atoms with van der Waals surface area (Å²) in [4.78, 5) is 35.3. The summed E-state index contributed by atoms with van der Waals surface area (Å²) < 4.78 is 58.2. The Morgan fingerprint density at radius 3 is 2.11 bits per heavy atom. The van der Waals surface area contributed by atoms with Gasteiger partial charge in [-0.05, 0) is 73.2 Å². The van der Waals surface area contributed by atoms with Crippen LogP contribution in [-0.2, 0) is 6.18 Å². The molecule has 11 heteroatoms. The van der Waals surface area contributed by atoms with E-state index in [-0.39, 0.29) is 30.0 Å². The molecule has 2 unspecified atom stereocenters. The van der Waals surface area contributed by atoms with Crippen LogP contribution in [0.4, 0.5) is 23.2 Å². The number of aromatic amines is 1. The molecule has 44 heavy (non-hydrogen) atoms. The third kappa shape index (κ3) is 5.35. The van der Waals surface area contributed by atoms with Crippen LogP contribution in [0.1, 0.15) is 45.7 Å². The van der Waals surface area contributed by atoms with Gasteiger partial charge in [0, 0.05) is 67.2 Å².